The number of carbonyl (C=O) groups is 4. The van der Waals surface area contributed by atoms with Crippen LogP contribution in [0.2, 0.25) is 0 Å². The molecule has 0 saturated carbocycles. The highest BCUT2D eigenvalue weighted by Gasteiger charge is 2.28. The van der Waals surface area contributed by atoms with E-state index >= 15 is 0 Å². The van der Waals surface area contributed by atoms with Gasteiger partial charge in [0, 0.05) is 117 Å². The van der Waals surface area contributed by atoms with Crippen molar-refractivity contribution in [2.75, 3.05) is 63.0 Å². The van der Waals surface area contributed by atoms with E-state index in [4.69, 9.17) is 20.8 Å². The highest BCUT2D eigenvalue weighted by Crippen LogP contribution is 2.40. The molecule has 2 aliphatic rings. The molecule has 0 atom stereocenters. The van der Waals surface area contributed by atoms with Crippen molar-refractivity contribution in [3.63, 3.8) is 0 Å². The second kappa shape index (κ2) is 28.8. The molecule has 0 aliphatic carbocycles. The Morgan fingerprint density at radius 3 is 1.45 bits per heavy atom. The Kier molecular flexibility index (Phi) is 21.1. The third kappa shape index (κ3) is 15.1. The summed E-state index contributed by atoms with van der Waals surface area (Å²) in [5.41, 5.74) is 23.4. The van der Waals surface area contributed by atoms with E-state index in [2.05, 4.69) is 80.9 Å². The molecule has 6 heterocycles. The predicted molar refractivity (Wildman–Crippen MR) is 341 cm³/mol. The van der Waals surface area contributed by atoms with Crippen molar-refractivity contribution in [2.24, 2.45) is 5.73 Å². The van der Waals surface area contributed by atoms with Gasteiger partial charge in [0.15, 0.2) is 0 Å². The van der Waals surface area contributed by atoms with Gasteiger partial charge in [0.2, 0.25) is 5.91 Å². The van der Waals surface area contributed by atoms with E-state index in [0.29, 0.717) is 37.0 Å². The number of nitrogens with two attached hydrogens (primary N) is 1. The minimum atomic E-state index is -0.825. The smallest absolute Gasteiger partial charge is 0.303 e. The Morgan fingerprint density at radius 1 is 0.602 bits per heavy atom. The lowest BCUT2D eigenvalue weighted by atomic mass is 10.00. The summed E-state index contributed by atoms with van der Waals surface area (Å²) < 4.78 is 0. The molecule has 83 heavy (non-hydrogen) atoms. The molecule has 0 bridgehead atoms. The zero-order chi connectivity index (χ0) is 59.2. The van der Waals surface area contributed by atoms with Crippen LogP contribution in [0.4, 0.5) is 11.4 Å². The molecule has 15 nitrogen and oxygen atoms in total. The Hall–Kier alpha value is -8.06. The van der Waals surface area contributed by atoms with Crippen molar-refractivity contribution >= 4 is 81.0 Å². The second-order valence-electron chi connectivity index (χ2n) is 20.5. The highest BCUT2D eigenvalue weighted by atomic mass is 32.1. The predicted octanol–water partition coefficient (Wildman–Crippen LogP) is 12.5. The van der Waals surface area contributed by atoms with Crippen molar-refractivity contribution in [1.29, 1.82) is 0 Å². The fourth-order valence-electron chi connectivity index (χ4n) is 10.4. The van der Waals surface area contributed by atoms with Gasteiger partial charge in [-0.15, -0.1) is 22.7 Å². The monoisotopic (exact) mass is 1150 g/mol. The molecule has 17 heteroatoms. The number of amides is 3. The van der Waals surface area contributed by atoms with Crippen LogP contribution < -0.4 is 21.7 Å². The number of anilines is 2. The van der Waals surface area contributed by atoms with Gasteiger partial charge in [0.1, 0.15) is 10.0 Å². The van der Waals surface area contributed by atoms with Crippen LogP contribution in [0.5, 0.6) is 0 Å². The highest BCUT2D eigenvalue weighted by molar-refractivity contribution is 7.13. The van der Waals surface area contributed by atoms with Crippen LogP contribution in [-0.4, -0.2) is 111 Å². The number of likely N-dealkylation sites (N-methyl/N-ethyl adjacent to an activating group) is 2. The number of aromatic amines is 2. The van der Waals surface area contributed by atoms with Gasteiger partial charge in [-0.1, -0.05) is 100 Å². The Labute approximate surface area is 495 Å². The van der Waals surface area contributed by atoms with Crippen molar-refractivity contribution in [2.45, 2.75) is 81.1 Å². The third-order valence-electron chi connectivity index (χ3n) is 15.3. The summed E-state index contributed by atoms with van der Waals surface area (Å²) in [6, 6.07) is 32.1. The maximum atomic E-state index is 13.0. The van der Waals surface area contributed by atoms with Gasteiger partial charge in [-0.3, -0.25) is 19.2 Å². The number of fused-ring (bicyclic) bond motifs is 2. The molecule has 4 aromatic heterocycles. The van der Waals surface area contributed by atoms with Crippen LogP contribution in [0.15, 0.2) is 108 Å². The number of benzene rings is 4. The first-order valence-electron chi connectivity index (χ1n) is 28.5. The average Bonchev–Trinajstić information content (AvgIpc) is 4.26. The summed E-state index contributed by atoms with van der Waals surface area (Å²) in [4.78, 5) is 70.4. The van der Waals surface area contributed by atoms with Crippen molar-refractivity contribution < 1.29 is 24.3 Å². The molecule has 8 N–H and O–H groups in total. The summed E-state index contributed by atoms with van der Waals surface area (Å²) in [5.74, 6) is -1.05. The lowest BCUT2D eigenvalue weighted by Gasteiger charge is -2.17. The first kappa shape index (κ1) is 61.0. The molecule has 0 saturated heterocycles. The maximum Gasteiger partial charge on any atom is 0.303 e. The Bertz CT molecular complexity index is 3620. The van der Waals surface area contributed by atoms with Gasteiger partial charge < -0.3 is 46.6 Å². The Morgan fingerprint density at radius 2 is 1.04 bits per heavy atom. The normalized spacial score (nSPS) is 13.4. The van der Waals surface area contributed by atoms with Crippen LogP contribution in [0, 0.1) is 27.7 Å². The number of aromatic nitrogens is 4. The molecule has 0 radical (unpaired) electrons. The fraction of sp³-hybridized carbons (Fsp3) is 0.303. The number of H-pyrrole nitrogens is 2. The molecule has 0 fully saturated rings. The minimum Gasteiger partial charge on any atom is -0.481 e. The van der Waals surface area contributed by atoms with Crippen LogP contribution in [0.1, 0.15) is 96.7 Å². The average molecular weight is 1150 g/mol. The number of rotatable bonds is 21. The van der Waals surface area contributed by atoms with Gasteiger partial charge in [-0.05, 0) is 125 Å². The van der Waals surface area contributed by atoms with Gasteiger partial charge in [0.25, 0.3) is 11.8 Å². The van der Waals surface area contributed by atoms with Gasteiger partial charge in [-0.2, -0.15) is 0 Å². The van der Waals surface area contributed by atoms with E-state index in [9.17, 15) is 19.2 Å². The van der Waals surface area contributed by atoms with E-state index in [-0.39, 0.29) is 24.1 Å². The van der Waals surface area contributed by atoms with Crippen LogP contribution >= 0.6 is 22.7 Å². The van der Waals surface area contributed by atoms with Crippen LogP contribution in [0.3, 0.4) is 0 Å². The van der Waals surface area contributed by atoms with Crippen molar-refractivity contribution in [1.82, 2.24) is 35.1 Å². The summed E-state index contributed by atoms with van der Waals surface area (Å²) in [7, 11) is 0. The molecule has 2 aliphatic heterocycles. The molecular formula is C66H76N10O5S2. The van der Waals surface area contributed by atoms with Crippen LogP contribution in [0.25, 0.3) is 67.0 Å². The number of aryl methyl sites for hydroxylation is 2. The molecule has 432 valence electrons. The number of carboxylic acids is 1. The number of aliphatic carboxylic acids is 1. The standard InChI is InChI=1S/C33H37N5O2S.C27H23N3O3S.C6H16N2/c1-5-38(6-2)17-16-34-31(39)15-13-25-21(3)29(35-22(25)4)19-27-26-18-24(12-14-28(26)36-32(27)40)30-20-41-33(37-30)23-10-8-7-9-11-23;1-15-19(9-11-25(31)32)16(2)28-23(15)13-21-20-12-18(8-10-22(20)29-26(21)33)24-14-34-27(30-24)17-6-4-3-5-7-17;1-3-8(4-2)6-5-7/h7-12,14,18-20,35H,5-6,13,15-17H2,1-4H3,(H,34,39)(H,36,40);3-8,10,12-14,28H,9,11H2,1-2H3,(H,29,33)(H,31,32);3-7H2,1-2H3/b27-19-;21-13-;. The van der Waals surface area contributed by atoms with Gasteiger partial charge >= 0.3 is 5.97 Å². The largest absolute Gasteiger partial charge is 0.481 e. The number of nitrogens with zero attached hydrogens (tertiary/aromatic N) is 4. The van der Waals surface area contributed by atoms with E-state index in [1.54, 1.807) is 22.7 Å². The summed E-state index contributed by atoms with van der Waals surface area (Å²) in [6.07, 6.45) is 5.38. The van der Waals surface area contributed by atoms with Crippen LogP contribution in [-0.2, 0) is 32.0 Å². The molecule has 0 spiro atoms. The number of hydrogen-bond acceptors (Lipinski definition) is 11. The summed E-state index contributed by atoms with van der Waals surface area (Å²) in [5, 5.41) is 24.0. The van der Waals surface area contributed by atoms with E-state index < -0.39 is 5.97 Å². The fourth-order valence-corrected chi connectivity index (χ4v) is 12.0. The Balaban J connectivity index is 0.000000194. The zero-order valence-electron chi connectivity index (χ0n) is 48.8. The first-order chi connectivity index (χ1) is 40.1. The van der Waals surface area contributed by atoms with Gasteiger partial charge in [0.05, 0.1) is 22.5 Å². The molecule has 4 aromatic carbocycles. The van der Waals surface area contributed by atoms with E-state index in [0.717, 1.165) is 157 Å². The second-order valence-corrected chi connectivity index (χ2v) is 22.2. The first-order valence-corrected chi connectivity index (χ1v) is 30.3. The van der Waals surface area contributed by atoms with E-state index in [1.807, 2.05) is 130 Å². The molecule has 10 rings (SSSR count). The minimum absolute atomic E-state index is 0.0612. The lowest BCUT2D eigenvalue weighted by molar-refractivity contribution is -0.137. The third-order valence-corrected chi connectivity index (χ3v) is 17.0. The number of carbonyl (C=O) groups excluding carboxylic acids is 3. The maximum absolute atomic E-state index is 13.0. The van der Waals surface area contributed by atoms with E-state index in [1.165, 1.54) is 0 Å². The SMILES string of the molecule is CCN(CC)CCN.CCN(CC)CCNC(=O)CCc1c(C)[nH]c(/C=C2\C(=O)Nc3ccc(-c4csc(-c5ccccc5)n4)cc32)c1C.Cc1[nH]c(/C=C2\C(=O)Nc3ccc(-c4csc(-c5ccccc5)n4)cc32)c(C)c1CCC(=O)O. The summed E-state index contributed by atoms with van der Waals surface area (Å²) >= 11 is 3.20. The lowest BCUT2D eigenvalue weighted by Crippen LogP contribution is -2.34. The number of hydrogen-bond donors (Lipinski definition) is 7. The van der Waals surface area contributed by atoms with Crippen molar-refractivity contribution in [3.05, 3.63) is 164 Å². The zero-order valence-corrected chi connectivity index (χ0v) is 50.4. The number of thiazole rings is 2. The molecule has 0 unspecified atom stereocenters. The topological polar surface area (TPSA) is 214 Å². The molecular weight excluding hydrogens is 1080 g/mol. The van der Waals surface area contributed by atoms with Gasteiger partial charge in [-0.25, -0.2) is 9.97 Å². The number of nitrogens with one attached hydrogen (secondary N) is 5. The quantitative estimate of drug-likeness (QED) is 0.0338. The molecule has 8 aromatic rings. The molecule has 3 amide bonds. The van der Waals surface area contributed by atoms with Crippen molar-refractivity contribution in [3.8, 4) is 43.7 Å². The summed E-state index contributed by atoms with van der Waals surface area (Å²) in [6.45, 7) is 24.1. The number of carboxylic acid groups (broad SMARTS) is 1.